The van der Waals surface area contributed by atoms with Crippen LogP contribution in [-0.2, 0) is 4.79 Å². The van der Waals surface area contributed by atoms with Gasteiger partial charge in [0, 0.05) is 23.0 Å². The van der Waals surface area contributed by atoms with Crippen molar-refractivity contribution in [1.29, 1.82) is 0 Å². The fourth-order valence-electron chi connectivity index (χ4n) is 1.59. The number of nitrogen functional groups attached to an aromatic ring is 1. The first-order valence-corrected chi connectivity index (χ1v) is 5.91. The van der Waals surface area contributed by atoms with E-state index in [1.54, 1.807) is 24.3 Å². The van der Waals surface area contributed by atoms with Crippen molar-refractivity contribution in [2.24, 2.45) is 0 Å². The van der Waals surface area contributed by atoms with Gasteiger partial charge in [-0.15, -0.1) is 0 Å². The Kier molecular flexibility index (Phi) is 3.91. The third kappa shape index (κ3) is 3.52. The van der Waals surface area contributed by atoms with E-state index in [1.807, 2.05) is 0 Å². The van der Waals surface area contributed by atoms with Crippen LogP contribution in [0.4, 0.5) is 11.4 Å². The Morgan fingerprint density at radius 2 is 1.80 bits per heavy atom. The molecule has 2 aromatic rings. The maximum Gasteiger partial charge on any atom is 0.248 e. The Morgan fingerprint density at radius 1 is 1.10 bits per heavy atom. The van der Waals surface area contributed by atoms with E-state index in [4.69, 9.17) is 5.73 Å². The van der Waals surface area contributed by atoms with Gasteiger partial charge in [-0.2, -0.15) is 0 Å². The van der Waals surface area contributed by atoms with Gasteiger partial charge in [-0.05, 0) is 48.5 Å². The molecule has 0 aliphatic carbocycles. The molecular formula is C15H14N2O3. The Hall–Kier alpha value is -2.95. The maximum atomic E-state index is 11.7. The predicted molar refractivity (Wildman–Crippen MR) is 78.3 cm³/mol. The molecule has 5 nitrogen and oxygen atoms in total. The first-order chi connectivity index (χ1) is 9.54. The summed E-state index contributed by atoms with van der Waals surface area (Å²) in [6, 6.07) is 10.8. The SMILES string of the molecule is Nc1ccc(NC(=O)/C=C/c2cc(O)ccc2O)cc1. The third-order valence-corrected chi connectivity index (χ3v) is 2.60. The van der Waals surface area contributed by atoms with Crippen molar-refractivity contribution >= 4 is 23.4 Å². The quantitative estimate of drug-likeness (QED) is 0.391. The minimum Gasteiger partial charge on any atom is -0.508 e. The zero-order chi connectivity index (χ0) is 14.5. The summed E-state index contributed by atoms with van der Waals surface area (Å²) < 4.78 is 0. The molecule has 0 atom stereocenters. The molecule has 0 bridgehead atoms. The van der Waals surface area contributed by atoms with E-state index in [1.165, 1.54) is 30.4 Å². The van der Waals surface area contributed by atoms with Crippen LogP contribution >= 0.6 is 0 Å². The highest BCUT2D eigenvalue weighted by molar-refractivity contribution is 6.02. The number of aromatic hydroxyl groups is 2. The summed E-state index contributed by atoms with van der Waals surface area (Å²) in [6.45, 7) is 0. The molecule has 20 heavy (non-hydrogen) atoms. The fraction of sp³-hybridized carbons (Fsp3) is 0. The van der Waals surface area contributed by atoms with Crippen molar-refractivity contribution in [2.75, 3.05) is 11.1 Å². The van der Waals surface area contributed by atoms with Crippen LogP contribution in [0.5, 0.6) is 11.5 Å². The second-order valence-corrected chi connectivity index (χ2v) is 4.19. The molecule has 2 aromatic carbocycles. The summed E-state index contributed by atoms with van der Waals surface area (Å²) >= 11 is 0. The van der Waals surface area contributed by atoms with Gasteiger partial charge in [-0.1, -0.05) is 0 Å². The number of hydrogen-bond donors (Lipinski definition) is 4. The lowest BCUT2D eigenvalue weighted by molar-refractivity contribution is -0.111. The zero-order valence-electron chi connectivity index (χ0n) is 10.6. The maximum absolute atomic E-state index is 11.7. The zero-order valence-corrected chi connectivity index (χ0v) is 10.6. The van der Waals surface area contributed by atoms with E-state index in [2.05, 4.69) is 5.32 Å². The minimum absolute atomic E-state index is 0.0145. The van der Waals surface area contributed by atoms with Crippen molar-refractivity contribution in [1.82, 2.24) is 0 Å². The number of carbonyl (C=O) groups excluding carboxylic acids is 1. The highest BCUT2D eigenvalue weighted by Gasteiger charge is 2.01. The molecule has 0 radical (unpaired) electrons. The molecule has 0 aliphatic heterocycles. The predicted octanol–water partition coefficient (Wildman–Crippen LogP) is 2.33. The number of nitrogens with one attached hydrogen (secondary N) is 1. The summed E-state index contributed by atoms with van der Waals surface area (Å²) in [7, 11) is 0. The molecule has 0 saturated heterocycles. The molecule has 0 heterocycles. The summed E-state index contributed by atoms with van der Waals surface area (Å²) in [5, 5.41) is 21.5. The first-order valence-electron chi connectivity index (χ1n) is 5.91. The van der Waals surface area contributed by atoms with Gasteiger partial charge in [-0.3, -0.25) is 4.79 Å². The van der Waals surface area contributed by atoms with Crippen molar-refractivity contribution < 1.29 is 15.0 Å². The highest BCUT2D eigenvalue weighted by atomic mass is 16.3. The summed E-state index contributed by atoms with van der Waals surface area (Å²) in [5.41, 5.74) is 7.14. The van der Waals surface area contributed by atoms with Gasteiger partial charge in [0.15, 0.2) is 0 Å². The molecule has 5 heteroatoms. The van der Waals surface area contributed by atoms with Gasteiger partial charge in [0.1, 0.15) is 11.5 Å². The van der Waals surface area contributed by atoms with E-state index in [0.717, 1.165) is 0 Å². The number of phenols is 2. The molecule has 2 rings (SSSR count). The minimum atomic E-state index is -0.350. The number of amides is 1. The van der Waals surface area contributed by atoms with Crippen LogP contribution in [0.1, 0.15) is 5.56 Å². The second kappa shape index (κ2) is 5.79. The number of hydrogen-bond acceptors (Lipinski definition) is 4. The molecular weight excluding hydrogens is 256 g/mol. The van der Waals surface area contributed by atoms with E-state index in [0.29, 0.717) is 16.9 Å². The molecule has 0 unspecified atom stereocenters. The van der Waals surface area contributed by atoms with E-state index < -0.39 is 0 Å². The average Bonchev–Trinajstić information content (AvgIpc) is 2.42. The molecule has 102 valence electrons. The first kappa shape index (κ1) is 13.5. The molecule has 0 spiro atoms. The topological polar surface area (TPSA) is 95.6 Å². The lowest BCUT2D eigenvalue weighted by atomic mass is 10.1. The number of phenolic OH excluding ortho intramolecular Hbond substituents is 2. The van der Waals surface area contributed by atoms with E-state index >= 15 is 0 Å². The normalized spacial score (nSPS) is 10.6. The summed E-state index contributed by atoms with van der Waals surface area (Å²) in [6.07, 6.45) is 2.69. The van der Waals surface area contributed by atoms with Crippen LogP contribution in [0, 0.1) is 0 Å². The van der Waals surface area contributed by atoms with Gasteiger partial charge in [0.25, 0.3) is 0 Å². The monoisotopic (exact) mass is 270 g/mol. The lowest BCUT2D eigenvalue weighted by Gasteiger charge is -2.03. The van der Waals surface area contributed by atoms with Crippen molar-refractivity contribution in [2.45, 2.75) is 0 Å². The average molecular weight is 270 g/mol. The van der Waals surface area contributed by atoms with Crippen LogP contribution < -0.4 is 11.1 Å². The molecule has 5 N–H and O–H groups in total. The Morgan fingerprint density at radius 3 is 2.50 bits per heavy atom. The standard InChI is InChI=1S/C15H14N2O3/c16-11-2-4-12(5-3-11)17-15(20)8-1-10-9-13(18)6-7-14(10)19/h1-9,18-19H,16H2,(H,17,20)/b8-1+. The van der Waals surface area contributed by atoms with Crippen LogP contribution in [0.15, 0.2) is 48.5 Å². The molecule has 0 fully saturated rings. The summed E-state index contributed by atoms with van der Waals surface area (Å²) in [5.74, 6) is -0.349. The number of anilines is 2. The highest BCUT2D eigenvalue weighted by Crippen LogP contribution is 2.23. The molecule has 1 amide bonds. The van der Waals surface area contributed by atoms with E-state index in [-0.39, 0.29) is 17.4 Å². The van der Waals surface area contributed by atoms with Crippen LogP contribution in [0.2, 0.25) is 0 Å². The Bertz CT molecular complexity index is 649. The third-order valence-electron chi connectivity index (χ3n) is 2.60. The van der Waals surface area contributed by atoms with Gasteiger partial charge >= 0.3 is 0 Å². The Balaban J connectivity index is 2.05. The van der Waals surface area contributed by atoms with Crippen LogP contribution in [0.25, 0.3) is 6.08 Å². The number of rotatable bonds is 3. The van der Waals surface area contributed by atoms with E-state index in [9.17, 15) is 15.0 Å². The van der Waals surface area contributed by atoms with Crippen LogP contribution in [-0.4, -0.2) is 16.1 Å². The second-order valence-electron chi connectivity index (χ2n) is 4.19. The number of carbonyl (C=O) groups is 1. The largest absolute Gasteiger partial charge is 0.508 e. The Labute approximate surface area is 116 Å². The van der Waals surface area contributed by atoms with Gasteiger partial charge in [0.05, 0.1) is 0 Å². The summed E-state index contributed by atoms with van der Waals surface area (Å²) in [4.78, 5) is 11.7. The number of benzene rings is 2. The fourth-order valence-corrected chi connectivity index (χ4v) is 1.59. The van der Waals surface area contributed by atoms with Gasteiger partial charge in [-0.25, -0.2) is 0 Å². The number of nitrogens with two attached hydrogens (primary N) is 1. The molecule has 0 aromatic heterocycles. The molecule has 0 saturated carbocycles. The van der Waals surface area contributed by atoms with Crippen LogP contribution in [0.3, 0.4) is 0 Å². The lowest BCUT2D eigenvalue weighted by Crippen LogP contribution is -2.07. The van der Waals surface area contributed by atoms with Crippen molar-refractivity contribution in [3.8, 4) is 11.5 Å². The van der Waals surface area contributed by atoms with Crippen molar-refractivity contribution in [3.63, 3.8) is 0 Å². The molecule has 0 aliphatic rings. The smallest absolute Gasteiger partial charge is 0.248 e. The van der Waals surface area contributed by atoms with Crippen molar-refractivity contribution in [3.05, 3.63) is 54.1 Å². The van der Waals surface area contributed by atoms with Gasteiger partial charge < -0.3 is 21.3 Å². The van der Waals surface area contributed by atoms with Gasteiger partial charge in [0.2, 0.25) is 5.91 Å².